The van der Waals surface area contributed by atoms with Gasteiger partial charge in [0.05, 0.1) is 0 Å². The van der Waals surface area contributed by atoms with E-state index < -0.39 is 0 Å². The molecular formula is Al3Y. The summed E-state index contributed by atoms with van der Waals surface area (Å²) in [6.07, 6.45) is 0. The quantitative estimate of drug-likeness (QED) is 0.403. The molecule has 0 saturated carbocycles. The summed E-state index contributed by atoms with van der Waals surface area (Å²) in [4.78, 5) is 0. The van der Waals surface area contributed by atoms with Gasteiger partial charge in [-0.05, 0) is 0 Å². The van der Waals surface area contributed by atoms with Gasteiger partial charge in [-0.25, -0.2) is 0 Å². The zero-order valence-corrected chi connectivity index (χ0v) is 8.61. The molecule has 0 aromatic heterocycles. The molecule has 4 heteroatoms. The Morgan fingerprint density at radius 2 is 0.500 bits per heavy atom. The number of hydrogen-bond acceptors (Lipinski definition) is 0. The summed E-state index contributed by atoms with van der Waals surface area (Å²) in [6, 6.07) is 0. The van der Waals surface area contributed by atoms with Crippen LogP contribution in [0.2, 0.25) is 0 Å². The molecule has 0 spiro atoms. The van der Waals surface area contributed by atoms with Crippen molar-refractivity contribution in [2.45, 2.75) is 0 Å². The van der Waals surface area contributed by atoms with E-state index in [9.17, 15) is 0 Å². The molecule has 0 nitrogen and oxygen atoms in total. The van der Waals surface area contributed by atoms with Crippen LogP contribution in [-0.2, 0) is 32.7 Å². The molecule has 12 valence electrons. The Balaban J connectivity index is 0. The second-order valence-electron chi connectivity index (χ2n) is 0. The molecular weight excluding hydrogens is 170 g/mol. The third-order valence-electron chi connectivity index (χ3n) is 0. The maximum absolute atomic E-state index is 0. The molecule has 0 aromatic rings. The minimum absolute atomic E-state index is 0. The topological polar surface area (TPSA) is 0 Å². The first-order valence-corrected chi connectivity index (χ1v) is 0. The Morgan fingerprint density at radius 3 is 0.500 bits per heavy atom. The van der Waals surface area contributed by atoms with Crippen LogP contribution >= 0.6 is 0 Å². The first kappa shape index (κ1) is 29.9. The summed E-state index contributed by atoms with van der Waals surface area (Å²) in [7, 11) is 0. The van der Waals surface area contributed by atoms with Crippen LogP contribution in [0.4, 0.5) is 0 Å². The minimum atomic E-state index is 0. The molecule has 0 rings (SSSR count). The molecule has 0 aliphatic rings. The zero-order valence-electron chi connectivity index (χ0n) is 2.31. The summed E-state index contributed by atoms with van der Waals surface area (Å²) in [5, 5.41) is 0. The largest absolute Gasteiger partial charge is 0 e. The second kappa shape index (κ2) is 17.3. The predicted molar refractivity (Wildman–Crippen MR) is 17.3 cm³/mol. The Labute approximate surface area is 83.4 Å². The fraction of sp³-hybridized carbons (Fsp3) is 0. The zero-order chi connectivity index (χ0) is 0. The van der Waals surface area contributed by atoms with Gasteiger partial charge in [-0.2, -0.15) is 0 Å². The molecule has 0 atom stereocenters. The van der Waals surface area contributed by atoms with Crippen molar-refractivity contribution in [1.82, 2.24) is 0 Å². The van der Waals surface area contributed by atoms with Crippen molar-refractivity contribution in [3.63, 3.8) is 0 Å². The maximum atomic E-state index is 0. The second-order valence-corrected chi connectivity index (χ2v) is 0. The summed E-state index contributed by atoms with van der Waals surface area (Å²) in [5.41, 5.74) is 0. The standard InChI is InChI=1S/3Al.Y. The predicted octanol–water partition coefficient (Wildman–Crippen LogP) is -1.14. The van der Waals surface area contributed by atoms with E-state index in [4.69, 9.17) is 0 Å². The van der Waals surface area contributed by atoms with Crippen molar-refractivity contribution >= 4 is 52.1 Å². The summed E-state index contributed by atoms with van der Waals surface area (Å²) in [5.74, 6) is 0. The SMILES string of the molecule is [Al].[Al].[Al].[Y]. The van der Waals surface area contributed by atoms with E-state index in [-0.39, 0.29) is 84.8 Å². The van der Waals surface area contributed by atoms with Crippen molar-refractivity contribution in [3.8, 4) is 0 Å². The fourth-order valence-electron chi connectivity index (χ4n) is 0. The van der Waals surface area contributed by atoms with Gasteiger partial charge in [-0.1, -0.05) is 0 Å². The molecule has 0 heterocycles. The van der Waals surface area contributed by atoms with Gasteiger partial charge in [0.25, 0.3) is 0 Å². The van der Waals surface area contributed by atoms with E-state index in [1.165, 1.54) is 0 Å². The first-order valence-electron chi connectivity index (χ1n) is 0. The molecule has 0 aliphatic heterocycles. The number of rotatable bonds is 0. The molecule has 0 amide bonds. The van der Waals surface area contributed by atoms with E-state index in [0.717, 1.165) is 0 Å². The van der Waals surface area contributed by atoms with Gasteiger partial charge in [0.1, 0.15) is 0 Å². The van der Waals surface area contributed by atoms with Crippen molar-refractivity contribution in [2.24, 2.45) is 0 Å². The van der Waals surface area contributed by atoms with E-state index in [1.54, 1.807) is 0 Å². The normalized spacial score (nSPS) is 0. The van der Waals surface area contributed by atoms with Gasteiger partial charge in [-0.15, -0.1) is 0 Å². The van der Waals surface area contributed by atoms with Crippen LogP contribution in [0.15, 0.2) is 0 Å². The Bertz CT molecular complexity index is 3.25. The van der Waals surface area contributed by atoms with Gasteiger partial charge in [0, 0.05) is 84.8 Å². The van der Waals surface area contributed by atoms with Crippen molar-refractivity contribution in [1.29, 1.82) is 0 Å². The third-order valence-corrected chi connectivity index (χ3v) is 0. The van der Waals surface area contributed by atoms with Gasteiger partial charge >= 0.3 is 0 Å². The summed E-state index contributed by atoms with van der Waals surface area (Å²) in [6.45, 7) is 0. The summed E-state index contributed by atoms with van der Waals surface area (Å²) < 4.78 is 0. The van der Waals surface area contributed by atoms with Crippen molar-refractivity contribution in [3.05, 3.63) is 0 Å². The average molecular weight is 170 g/mol. The van der Waals surface area contributed by atoms with Crippen molar-refractivity contribution < 1.29 is 32.7 Å². The van der Waals surface area contributed by atoms with Gasteiger partial charge in [0.15, 0.2) is 0 Å². The molecule has 0 aliphatic carbocycles. The molecule has 0 saturated heterocycles. The average Bonchev–Trinajstić information content (AvgIpc) is 0. The van der Waals surface area contributed by atoms with Crippen LogP contribution < -0.4 is 0 Å². The van der Waals surface area contributed by atoms with E-state index in [2.05, 4.69) is 0 Å². The van der Waals surface area contributed by atoms with Crippen LogP contribution in [0, 0.1) is 0 Å². The van der Waals surface area contributed by atoms with Gasteiger partial charge in [-0.3, -0.25) is 0 Å². The Morgan fingerprint density at radius 1 is 0.500 bits per heavy atom. The first-order chi connectivity index (χ1) is 0. The molecule has 0 fully saturated rings. The fourth-order valence-corrected chi connectivity index (χ4v) is 0. The molecule has 0 unspecified atom stereocenters. The van der Waals surface area contributed by atoms with E-state index in [0.29, 0.717) is 0 Å². The van der Waals surface area contributed by atoms with E-state index >= 15 is 0 Å². The Kier molecular flexibility index (Phi) is 129. The van der Waals surface area contributed by atoms with Crippen LogP contribution in [0.1, 0.15) is 0 Å². The molecule has 0 N–H and O–H groups in total. The van der Waals surface area contributed by atoms with Crippen LogP contribution in [0.25, 0.3) is 0 Å². The molecule has 4 heavy (non-hydrogen) atoms. The molecule has 0 aromatic carbocycles. The number of hydrogen-bond donors (Lipinski definition) is 0. The van der Waals surface area contributed by atoms with Gasteiger partial charge < -0.3 is 0 Å². The maximum Gasteiger partial charge on any atom is 0 e. The third kappa shape index (κ3) is 8.83. The smallest absolute Gasteiger partial charge is 0 e. The summed E-state index contributed by atoms with van der Waals surface area (Å²) >= 11 is 0. The van der Waals surface area contributed by atoms with Crippen LogP contribution in [0.5, 0.6) is 0 Å². The van der Waals surface area contributed by atoms with Crippen LogP contribution in [0.3, 0.4) is 0 Å². The van der Waals surface area contributed by atoms with Gasteiger partial charge in [0.2, 0.25) is 0 Å². The molecule has 0 bridgehead atoms. The molecule has 10 radical (unpaired) electrons. The monoisotopic (exact) mass is 170 g/mol. The van der Waals surface area contributed by atoms with E-state index in [1.807, 2.05) is 0 Å². The van der Waals surface area contributed by atoms with Crippen LogP contribution in [-0.4, -0.2) is 52.1 Å². The Hall–Kier alpha value is 2.70. The minimum Gasteiger partial charge on any atom is 0 e. The van der Waals surface area contributed by atoms with Crippen molar-refractivity contribution in [2.75, 3.05) is 0 Å².